The molecule has 1 radical (unpaired) electrons. The van der Waals surface area contributed by atoms with Crippen molar-refractivity contribution in [1.82, 2.24) is 14.8 Å². The summed E-state index contributed by atoms with van der Waals surface area (Å²) < 4.78 is 1.67. The van der Waals surface area contributed by atoms with Crippen molar-refractivity contribution in [1.29, 1.82) is 0 Å². The van der Waals surface area contributed by atoms with Crippen molar-refractivity contribution in [3.05, 3.63) is 42.5 Å². The van der Waals surface area contributed by atoms with Gasteiger partial charge >= 0.3 is 0 Å². The van der Waals surface area contributed by atoms with Crippen LogP contribution in [0.25, 0.3) is 5.69 Å². The molecule has 0 bridgehead atoms. The number of benzene rings is 1. The third-order valence-corrected chi connectivity index (χ3v) is 1.81. The van der Waals surface area contributed by atoms with E-state index < -0.39 is 0 Å². The van der Waals surface area contributed by atoms with Crippen LogP contribution < -0.4 is 0 Å². The van der Waals surface area contributed by atoms with Crippen molar-refractivity contribution in [2.24, 2.45) is 0 Å². The van der Waals surface area contributed by atoms with Crippen LogP contribution >= 0.6 is 0 Å². The lowest BCUT2D eigenvalue weighted by atomic mass is 10.3. The van der Waals surface area contributed by atoms with Gasteiger partial charge in [0, 0.05) is 6.42 Å². The van der Waals surface area contributed by atoms with Gasteiger partial charge in [0.05, 0.1) is 5.69 Å². The third kappa shape index (κ3) is 1.59. The fraction of sp³-hybridized carbons (Fsp3) is 0.200. The number of nitrogens with zero attached hydrogens (tertiary/aromatic N) is 3. The van der Waals surface area contributed by atoms with E-state index in [2.05, 4.69) is 16.4 Å². The molecule has 0 amide bonds. The quantitative estimate of drug-likeness (QED) is 0.689. The summed E-state index contributed by atoms with van der Waals surface area (Å²) in [6, 6.07) is 9.86. The molecule has 0 spiro atoms. The second-order valence-corrected chi connectivity index (χ2v) is 2.73. The maximum absolute atomic E-state index is 4.25. The number of aromatic nitrogens is 3. The highest BCUT2D eigenvalue weighted by molar-refractivity contribution is 5.29. The number of aryl methyl sites for hydroxylation is 1. The Balaban J connectivity index is 2.36. The summed E-state index contributed by atoms with van der Waals surface area (Å²) in [5, 5.41) is 4.25. The minimum Gasteiger partial charge on any atom is -0.210 e. The van der Waals surface area contributed by atoms with Gasteiger partial charge in [-0.2, -0.15) is 5.10 Å². The molecule has 0 N–H and O–H groups in total. The monoisotopic (exact) mass is 172 g/mol. The Kier molecular flexibility index (Phi) is 2.08. The second kappa shape index (κ2) is 3.39. The van der Waals surface area contributed by atoms with Crippen LogP contribution in [-0.4, -0.2) is 14.8 Å². The lowest BCUT2D eigenvalue weighted by Crippen LogP contribution is -1.95. The van der Waals surface area contributed by atoms with Crippen LogP contribution in [0.3, 0.4) is 0 Å². The molecule has 65 valence electrons. The highest BCUT2D eigenvalue weighted by Gasteiger charge is 1.99. The van der Waals surface area contributed by atoms with Crippen LogP contribution in [0.2, 0.25) is 0 Å². The summed E-state index contributed by atoms with van der Waals surface area (Å²) >= 11 is 0. The van der Waals surface area contributed by atoms with Gasteiger partial charge in [0.25, 0.3) is 0 Å². The predicted octanol–water partition coefficient (Wildman–Crippen LogP) is 1.63. The van der Waals surface area contributed by atoms with Crippen molar-refractivity contribution in [2.45, 2.75) is 13.3 Å². The van der Waals surface area contributed by atoms with E-state index in [0.717, 1.165) is 17.9 Å². The lowest BCUT2D eigenvalue weighted by Gasteiger charge is -1.96. The van der Waals surface area contributed by atoms with Gasteiger partial charge in [0.1, 0.15) is 0 Å². The molecular formula is C10H10N3. The number of hydrogen-bond acceptors (Lipinski definition) is 2. The second-order valence-electron chi connectivity index (χ2n) is 2.73. The lowest BCUT2D eigenvalue weighted by molar-refractivity contribution is 0.836. The largest absolute Gasteiger partial charge is 0.210 e. The minimum absolute atomic E-state index is 0.823. The van der Waals surface area contributed by atoms with E-state index in [9.17, 15) is 0 Å². The molecule has 0 unspecified atom stereocenters. The molecule has 0 saturated heterocycles. The first-order valence-corrected chi connectivity index (χ1v) is 4.29. The molecule has 0 aliphatic carbocycles. The Hall–Kier alpha value is -1.64. The summed E-state index contributed by atoms with van der Waals surface area (Å²) in [5.74, 6) is 0.823. The van der Waals surface area contributed by atoms with Crippen LogP contribution in [0.1, 0.15) is 12.7 Å². The molecular weight excluding hydrogens is 162 g/mol. The number of para-hydroxylation sites is 1. The first kappa shape index (κ1) is 7.98. The van der Waals surface area contributed by atoms with E-state index in [4.69, 9.17) is 0 Å². The number of rotatable bonds is 2. The van der Waals surface area contributed by atoms with E-state index >= 15 is 0 Å². The molecule has 0 atom stereocenters. The van der Waals surface area contributed by atoms with Gasteiger partial charge in [-0.25, -0.2) is 9.67 Å². The molecule has 0 aliphatic rings. The summed E-state index contributed by atoms with van der Waals surface area (Å²) in [6.07, 6.45) is 3.67. The Bertz CT molecular complexity index is 378. The fourth-order valence-electron chi connectivity index (χ4n) is 1.10. The van der Waals surface area contributed by atoms with Crippen molar-refractivity contribution in [2.75, 3.05) is 0 Å². The van der Waals surface area contributed by atoms with Crippen LogP contribution in [-0.2, 0) is 6.42 Å². The SMILES string of the molecule is CCc1n[c]n(-c2ccccc2)n1. The van der Waals surface area contributed by atoms with Crippen LogP contribution in [0, 0.1) is 6.33 Å². The van der Waals surface area contributed by atoms with Gasteiger partial charge in [-0.1, -0.05) is 25.1 Å². The van der Waals surface area contributed by atoms with Gasteiger partial charge in [-0.15, -0.1) is 0 Å². The van der Waals surface area contributed by atoms with Gasteiger partial charge in [-0.05, 0) is 12.1 Å². The highest BCUT2D eigenvalue weighted by atomic mass is 15.3. The summed E-state index contributed by atoms with van der Waals surface area (Å²) in [4.78, 5) is 4.04. The van der Waals surface area contributed by atoms with Crippen LogP contribution in [0.15, 0.2) is 30.3 Å². The predicted molar refractivity (Wildman–Crippen MR) is 49.6 cm³/mol. The van der Waals surface area contributed by atoms with Crippen molar-refractivity contribution in [3.8, 4) is 5.69 Å². The molecule has 0 aliphatic heterocycles. The smallest absolute Gasteiger partial charge is 0.201 e. The molecule has 2 aromatic rings. The Labute approximate surface area is 77.0 Å². The Morgan fingerprint density at radius 2 is 2.08 bits per heavy atom. The molecule has 1 heterocycles. The molecule has 1 aromatic carbocycles. The van der Waals surface area contributed by atoms with Crippen molar-refractivity contribution < 1.29 is 0 Å². The van der Waals surface area contributed by atoms with Gasteiger partial charge in [0.15, 0.2) is 5.82 Å². The van der Waals surface area contributed by atoms with Crippen molar-refractivity contribution >= 4 is 0 Å². The van der Waals surface area contributed by atoms with E-state index in [-0.39, 0.29) is 0 Å². The molecule has 2 rings (SSSR count). The zero-order chi connectivity index (χ0) is 9.10. The summed E-state index contributed by atoms with van der Waals surface area (Å²) in [6.45, 7) is 2.03. The van der Waals surface area contributed by atoms with E-state index in [0.29, 0.717) is 0 Å². The zero-order valence-corrected chi connectivity index (χ0v) is 7.44. The van der Waals surface area contributed by atoms with E-state index in [1.54, 1.807) is 4.68 Å². The maximum Gasteiger partial charge on any atom is 0.201 e. The average Bonchev–Trinajstić information content (AvgIpc) is 2.67. The third-order valence-electron chi connectivity index (χ3n) is 1.81. The molecule has 3 nitrogen and oxygen atoms in total. The Morgan fingerprint density at radius 1 is 1.31 bits per heavy atom. The first-order chi connectivity index (χ1) is 6.40. The molecule has 0 fully saturated rings. The average molecular weight is 172 g/mol. The fourth-order valence-corrected chi connectivity index (χ4v) is 1.10. The molecule has 0 saturated carbocycles. The summed E-state index contributed by atoms with van der Waals surface area (Å²) in [5.41, 5.74) is 0.995. The van der Waals surface area contributed by atoms with E-state index in [1.165, 1.54) is 0 Å². The van der Waals surface area contributed by atoms with Gasteiger partial charge < -0.3 is 0 Å². The minimum atomic E-state index is 0.823. The molecule has 1 aromatic heterocycles. The Morgan fingerprint density at radius 3 is 2.69 bits per heavy atom. The number of hydrogen-bond donors (Lipinski definition) is 0. The van der Waals surface area contributed by atoms with Gasteiger partial charge in [0.2, 0.25) is 6.33 Å². The topological polar surface area (TPSA) is 30.7 Å². The summed E-state index contributed by atoms with van der Waals surface area (Å²) in [7, 11) is 0. The normalized spacial score (nSPS) is 10.2. The standard InChI is InChI=1S/C10H10N3/c1-2-10-11-8-13(12-10)9-6-4-3-5-7-9/h3-7H,2H2,1H3. The van der Waals surface area contributed by atoms with E-state index in [1.807, 2.05) is 37.3 Å². The van der Waals surface area contributed by atoms with Gasteiger partial charge in [-0.3, -0.25) is 0 Å². The first-order valence-electron chi connectivity index (χ1n) is 4.29. The molecule has 3 heteroatoms. The molecule has 13 heavy (non-hydrogen) atoms. The van der Waals surface area contributed by atoms with Crippen molar-refractivity contribution in [3.63, 3.8) is 0 Å². The van der Waals surface area contributed by atoms with Crippen LogP contribution in [0.4, 0.5) is 0 Å². The van der Waals surface area contributed by atoms with Crippen LogP contribution in [0.5, 0.6) is 0 Å². The maximum atomic E-state index is 4.25. The highest BCUT2D eigenvalue weighted by Crippen LogP contribution is 2.03. The zero-order valence-electron chi connectivity index (χ0n) is 7.44.